The molecule has 0 amide bonds. The van der Waals surface area contributed by atoms with Gasteiger partial charge in [-0.05, 0) is 36.3 Å². The van der Waals surface area contributed by atoms with Gasteiger partial charge in [-0.15, -0.1) is 0 Å². The van der Waals surface area contributed by atoms with Crippen molar-refractivity contribution >= 4 is 45.4 Å². The van der Waals surface area contributed by atoms with Crippen molar-refractivity contribution in [1.82, 2.24) is 10.00 Å². The number of ether oxygens (including phenoxy) is 1. The third-order valence-electron chi connectivity index (χ3n) is 6.48. The lowest BCUT2D eigenvalue weighted by Gasteiger charge is -2.40. The zero-order valence-corrected chi connectivity index (χ0v) is 23.2. The van der Waals surface area contributed by atoms with Gasteiger partial charge in [-0.2, -0.15) is 0 Å². The number of ketones is 1. The highest BCUT2D eigenvalue weighted by Crippen LogP contribution is 2.21. The average molecular weight is 649 g/mol. The average Bonchev–Trinajstić information content (AvgIpc) is 2.90. The third kappa shape index (κ3) is 8.27. The molecule has 0 aliphatic carbocycles. The second-order valence-corrected chi connectivity index (χ2v) is 10.5. The molecule has 0 radical (unpaired) electrons. The van der Waals surface area contributed by atoms with E-state index in [1.165, 1.54) is 12.1 Å². The maximum Gasteiger partial charge on any atom is 0.460 e. The van der Waals surface area contributed by atoms with Crippen LogP contribution in [0.5, 0.6) is 0 Å². The van der Waals surface area contributed by atoms with Crippen LogP contribution < -0.4 is 14.9 Å². The number of aromatic nitrogens is 3. The van der Waals surface area contributed by atoms with Gasteiger partial charge in [0.25, 0.3) is 5.52 Å². The van der Waals surface area contributed by atoms with Crippen LogP contribution in [0.25, 0.3) is 11.0 Å². The van der Waals surface area contributed by atoms with Gasteiger partial charge >= 0.3 is 5.95 Å². The Labute approximate surface area is 234 Å². The van der Waals surface area contributed by atoms with Crippen LogP contribution >= 0.6 is 22.6 Å². The summed E-state index contributed by atoms with van der Waals surface area (Å²) in [5.41, 5.74) is 0.333. The Morgan fingerprint density at radius 1 is 1.03 bits per heavy atom. The van der Waals surface area contributed by atoms with Crippen LogP contribution in [0.2, 0.25) is 0 Å². The number of hydrogen-bond acceptors (Lipinski definition) is 11. The zero-order valence-electron chi connectivity index (χ0n) is 21.1. The number of hydrogen-bond donors (Lipinski definition) is 5. The highest BCUT2D eigenvalue weighted by atomic mass is 127. The van der Waals surface area contributed by atoms with E-state index in [4.69, 9.17) is 4.74 Å². The minimum atomic E-state index is -1.63. The van der Waals surface area contributed by atoms with Crippen molar-refractivity contribution in [2.75, 3.05) is 35.9 Å². The summed E-state index contributed by atoms with van der Waals surface area (Å²) in [6.45, 7) is 0.979. The molecule has 1 aliphatic heterocycles. The number of para-hydroxylation sites is 2. The van der Waals surface area contributed by atoms with Crippen molar-refractivity contribution in [1.29, 1.82) is 0 Å². The van der Waals surface area contributed by atoms with E-state index < -0.39 is 30.7 Å². The van der Waals surface area contributed by atoms with Gasteiger partial charge in [0.05, 0.1) is 13.1 Å². The SMILES string of the molecule is O=C(CCCNc1n[n+]([O-])c2ccccc2[n+]1[O-])CN(CCCCCCI)CC1OC(O)C(O)[C@@H](O)[C@@H]1O. The van der Waals surface area contributed by atoms with E-state index in [1.807, 2.05) is 4.90 Å². The number of halogens is 1. The molecule has 1 aromatic heterocycles. The van der Waals surface area contributed by atoms with Crippen molar-refractivity contribution in [3.05, 3.63) is 34.7 Å². The summed E-state index contributed by atoms with van der Waals surface area (Å²) in [5, 5.41) is 71.0. The maximum absolute atomic E-state index is 12.8. The van der Waals surface area contributed by atoms with Gasteiger partial charge in [0, 0.05) is 23.9 Å². The van der Waals surface area contributed by atoms with Crippen LogP contribution in [0.3, 0.4) is 0 Å². The van der Waals surface area contributed by atoms with E-state index in [2.05, 4.69) is 33.0 Å². The minimum Gasteiger partial charge on any atom is -0.739 e. The first-order valence-corrected chi connectivity index (χ1v) is 14.3. The molecule has 1 fully saturated rings. The fourth-order valence-corrected chi connectivity index (χ4v) is 4.91. The number of nitrogens with one attached hydrogen (secondary N) is 1. The van der Waals surface area contributed by atoms with E-state index in [0.29, 0.717) is 22.5 Å². The number of fused-ring (bicyclic) bond motifs is 1. The van der Waals surface area contributed by atoms with E-state index in [9.17, 15) is 35.6 Å². The molecule has 1 aliphatic rings. The molecule has 1 aromatic carbocycles. The van der Waals surface area contributed by atoms with E-state index >= 15 is 0 Å². The predicted molar refractivity (Wildman–Crippen MR) is 145 cm³/mol. The molecule has 1 saturated heterocycles. The van der Waals surface area contributed by atoms with Crippen LogP contribution in [-0.2, 0) is 9.53 Å². The Kier molecular flexibility index (Phi) is 12.1. The second kappa shape index (κ2) is 15.0. The quantitative estimate of drug-likeness (QED) is 0.0543. The summed E-state index contributed by atoms with van der Waals surface area (Å²) in [6.07, 6.45) is -2.63. The van der Waals surface area contributed by atoms with Crippen LogP contribution in [0.4, 0.5) is 5.95 Å². The lowest BCUT2D eigenvalue weighted by atomic mass is 9.98. The normalized spacial score (nSPS) is 23.7. The van der Waals surface area contributed by atoms with Crippen molar-refractivity contribution in [3.8, 4) is 0 Å². The molecule has 3 unspecified atom stereocenters. The van der Waals surface area contributed by atoms with Crippen molar-refractivity contribution in [2.45, 2.75) is 69.2 Å². The van der Waals surface area contributed by atoms with E-state index in [-0.39, 0.29) is 48.8 Å². The Bertz CT molecular complexity index is 1050. The van der Waals surface area contributed by atoms with Gasteiger partial charge in [0.1, 0.15) is 30.2 Å². The molecular formula is C24H36IN5O8. The number of benzene rings is 1. The Balaban J connectivity index is 1.52. The van der Waals surface area contributed by atoms with Gasteiger partial charge in [-0.1, -0.05) is 47.6 Å². The summed E-state index contributed by atoms with van der Waals surface area (Å²) < 4.78 is 6.92. The smallest absolute Gasteiger partial charge is 0.460 e. The number of rotatable bonds is 15. The summed E-state index contributed by atoms with van der Waals surface area (Å²) in [6, 6.07) is 6.31. The first kappa shape index (κ1) is 30.6. The lowest BCUT2D eigenvalue weighted by molar-refractivity contribution is -0.672. The molecule has 2 aromatic rings. The number of aliphatic hydroxyl groups is 4. The molecule has 0 bridgehead atoms. The summed E-state index contributed by atoms with van der Waals surface area (Å²) in [5.74, 6) is -0.229. The van der Waals surface area contributed by atoms with Crippen LogP contribution in [0, 0.1) is 10.4 Å². The van der Waals surface area contributed by atoms with E-state index in [1.54, 1.807) is 12.1 Å². The molecule has 5 N–H and O–H groups in total. The topological polar surface area (TPSA) is 189 Å². The number of anilines is 1. The van der Waals surface area contributed by atoms with Crippen molar-refractivity contribution in [3.63, 3.8) is 0 Å². The van der Waals surface area contributed by atoms with Crippen molar-refractivity contribution in [2.24, 2.45) is 0 Å². The molecule has 0 spiro atoms. The first-order valence-electron chi connectivity index (χ1n) is 12.8. The molecule has 14 heteroatoms. The lowest BCUT2D eigenvalue weighted by Crippen LogP contribution is -2.60. The predicted octanol–water partition coefficient (Wildman–Crippen LogP) is -0.640. The number of Topliss-reactive ketones (excluding diaryl/α,β-unsaturated/α-hetero) is 1. The molecule has 5 atom stereocenters. The minimum absolute atomic E-state index is 0.0734. The fraction of sp³-hybridized carbons (Fsp3) is 0.667. The van der Waals surface area contributed by atoms with Gasteiger partial charge in [0.15, 0.2) is 11.8 Å². The number of carbonyl (C=O) groups excluding carboxylic acids is 1. The van der Waals surface area contributed by atoms with Gasteiger partial charge in [0.2, 0.25) is 5.10 Å². The largest absolute Gasteiger partial charge is 0.739 e. The number of unbranched alkanes of at least 4 members (excludes halogenated alkanes) is 3. The molecule has 212 valence electrons. The van der Waals surface area contributed by atoms with Crippen LogP contribution in [-0.4, -0.2) is 97.5 Å². The molecule has 2 heterocycles. The zero-order chi connectivity index (χ0) is 27.7. The fourth-order valence-electron chi connectivity index (χ4n) is 4.37. The van der Waals surface area contributed by atoms with Crippen LogP contribution in [0.1, 0.15) is 38.5 Å². The highest BCUT2D eigenvalue weighted by Gasteiger charge is 2.43. The first-order chi connectivity index (χ1) is 18.2. The number of carbonyl (C=O) groups is 1. The molecular weight excluding hydrogens is 613 g/mol. The maximum atomic E-state index is 12.8. The molecule has 13 nitrogen and oxygen atoms in total. The van der Waals surface area contributed by atoms with Gasteiger partial charge in [-0.3, -0.25) is 15.0 Å². The Morgan fingerprint density at radius 3 is 2.47 bits per heavy atom. The summed E-state index contributed by atoms with van der Waals surface area (Å²) in [7, 11) is 0. The monoisotopic (exact) mass is 649 g/mol. The third-order valence-corrected chi connectivity index (χ3v) is 7.25. The molecule has 3 rings (SSSR count). The number of aliphatic hydroxyl groups excluding tert-OH is 4. The molecule has 38 heavy (non-hydrogen) atoms. The number of nitrogens with zero attached hydrogens (tertiary/aromatic N) is 4. The Morgan fingerprint density at radius 2 is 1.74 bits per heavy atom. The second-order valence-electron chi connectivity index (χ2n) is 9.42. The standard InChI is InChI=1S/C24H36IN5O8/c25-11-5-1-2-6-13-28(15-19-20(32)21(33)22(34)23(35)38-19)14-16(31)8-7-12-26-24-27-30(37)18-10-4-3-9-17(18)29(24)36/h3-4,9-10,19-23,32-35H,1-2,5-8,11-15H2,(H,26,27)/t19?,20-,21+,22?,23?/m1/s1. The molecule has 0 saturated carbocycles. The summed E-state index contributed by atoms with van der Waals surface area (Å²) in [4.78, 5) is 15.0. The van der Waals surface area contributed by atoms with Crippen molar-refractivity contribution < 1.29 is 39.5 Å². The highest BCUT2D eigenvalue weighted by molar-refractivity contribution is 14.1. The van der Waals surface area contributed by atoms with E-state index in [0.717, 1.165) is 30.1 Å². The summed E-state index contributed by atoms with van der Waals surface area (Å²) >= 11 is 2.33. The Hall–Kier alpha value is -1.95. The van der Waals surface area contributed by atoms with Gasteiger partial charge in [-0.25, -0.2) is 4.73 Å². The number of alkyl halides is 1. The van der Waals surface area contributed by atoms with Crippen LogP contribution in [0.15, 0.2) is 24.3 Å². The van der Waals surface area contributed by atoms with Gasteiger partial charge < -0.3 is 35.6 Å².